The largest absolute Gasteiger partial charge is 0.388 e. The van der Waals surface area contributed by atoms with Crippen LogP contribution in [0.3, 0.4) is 0 Å². The van der Waals surface area contributed by atoms with Crippen molar-refractivity contribution in [2.75, 3.05) is 13.2 Å². The molecule has 0 aliphatic carbocycles. The number of benzene rings is 1. The number of hydrogen-bond donors (Lipinski definition) is 2. The Bertz CT molecular complexity index is 607. The van der Waals surface area contributed by atoms with Crippen molar-refractivity contribution in [2.45, 2.75) is 63.6 Å². The highest BCUT2D eigenvalue weighted by atomic mass is 16.8. The summed E-state index contributed by atoms with van der Waals surface area (Å²) in [6.45, 7) is 5.66. The van der Waals surface area contributed by atoms with Crippen molar-refractivity contribution in [1.29, 1.82) is 0 Å². The molecule has 0 spiro atoms. The Morgan fingerprint density at radius 3 is 2.77 bits per heavy atom. The zero-order chi connectivity index (χ0) is 18.7. The van der Waals surface area contributed by atoms with Crippen LogP contribution in [0.15, 0.2) is 30.3 Å². The molecule has 2 fully saturated rings. The van der Waals surface area contributed by atoms with Gasteiger partial charge in [0.1, 0.15) is 24.4 Å². The quantitative estimate of drug-likeness (QED) is 0.809. The lowest BCUT2D eigenvalue weighted by molar-refractivity contribution is -0.368. The first-order valence-corrected chi connectivity index (χ1v) is 8.94. The number of hydrogen-bond acceptors (Lipinski definition) is 6. The lowest BCUT2D eigenvalue weighted by atomic mass is 9.95. The molecule has 0 bridgehead atoms. The standard InChI is InChI=1S/C19H27NO6/c1-12(21)20-15-16(22)17-14(11-24-19(2,3)26-17)25-18(15)23-10-9-13-7-5-4-6-8-13/h4-8,14-18,22H,9-11H2,1-3H3,(H,20,21)/t14-,15+,16-,17-,18+/m0/s1. The van der Waals surface area contributed by atoms with Gasteiger partial charge in [-0.05, 0) is 25.8 Å². The fraction of sp³-hybridized carbons (Fsp3) is 0.632. The monoisotopic (exact) mass is 365 g/mol. The number of nitrogens with one attached hydrogen (secondary N) is 1. The Morgan fingerprint density at radius 2 is 2.08 bits per heavy atom. The first-order chi connectivity index (χ1) is 12.4. The van der Waals surface area contributed by atoms with Crippen molar-refractivity contribution in [3.05, 3.63) is 35.9 Å². The van der Waals surface area contributed by atoms with Crippen molar-refractivity contribution < 1.29 is 28.8 Å². The Hall–Kier alpha value is -1.51. The average molecular weight is 365 g/mol. The summed E-state index contributed by atoms with van der Waals surface area (Å²) in [5, 5.41) is 13.5. The molecule has 2 saturated heterocycles. The minimum atomic E-state index is -0.956. The molecule has 1 aromatic carbocycles. The summed E-state index contributed by atoms with van der Waals surface area (Å²) in [7, 11) is 0. The molecular weight excluding hydrogens is 338 g/mol. The minimum absolute atomic E-state index is 0.265. The summed E-state index contributed by atoms with van der Waals surface area (Å²) >= 11 is 0. The van der Waals surface area contributed by atoms with Gasteiger partial charge in [0, 0.05) is 6.92 Å². The summed E-state index contributed by atoms with van der Waals surface area (Å²) in [6, 6.07) is 9.23. The normalized spacial score (nSPS) is 33.3. The maximum atomic E-state index is 11.6. The molecule has 2 heterocycles. The van der Waals surface area contributed by atoms with Crippen LogP contribution >= 0.6 is 0 Å². The Kier molecular flexibility index (Phi) is 5.94. The molecule has 1 aromatic rings. The van der Waals surface area contributed by atoms with Gasteiger partial charge < -0.3 is 29.4 Å². The van der Waals surface area contributed by atoms with Crippen LogP contribution in [-0.4, -0.2) is 60.7 Å². The smallest absolute Gasteiger partial charge is 0.217 e. The van der Waals surface area contributed by atoms with E-state index in [-0.39, 0.29) is 5.91 Å². The molecular formula is C19H27NO6. The van der Waals surface area contributed by atoms with E-state index in [1.807, 2.05) is 30.3 Å². The molecule has 5 atom stereocenters. The fourth-order valence-electron chi connectivity index (χ4n) is 3.31. The number of amides is 1. The van der Waals surface area contributed by atoms with Gasteiger partial charge >= 0.3 is 0 Å². The van der Waals surface area contributed by atoms with Gasteiger partial charge in [0.15, 0.2) is 12.1 Å². The Labute approximate surface area is 153 Å². The van der Waals surface area contributed by atoms with Crippen molar-refractivity contribution in [3.8, 4) is 0 Å². The van der Waals surface area contributed by atoms with Crippen LogP contribution < -0.4 is 5.32 Å². The maximum Gasteiger partial charge on any atom is 0.217 e. The number of carbonyl (C=O) groups excluding carboxylic acids is 1. The summed E-state index contributed by atoms with van der Waals surface area (Å²) in [5.74, 6) is -1.08. The number of rotatable bonds is 5. The number of aliphatic hydroxyl groups is 1. The third kappa shape index (κ3) is 4.61. The second kappa shape index (κ2) is 8.02. The number of carbonyl (C=O) groups is 1. The molecule has 2 aliphatic heterocycles. The van der Waals surface area contributed by atoms with E-state index in [4.69, 9.17) is 18.9 Å². The Morgan fingerprint density at radius 1 is 1.35 bits per heavy atom. The van der Waals surface area contributed by atoms with Gasteiger partial charge in [0.05, 0.1) is 13.2 Å². The SMILES string of the molecule is CC(=O)N[C@H]1[C@H](OCCc2ccccc2)O[C@H]2COC(C)(C)O[C@@H]2[C@H]1O. The summed E-state index contributed by atoms with van der Waals surface area (Å²) in [6.07, 6.45) is -2.07. The molecule has 26 heavy (non-hydrogen) atoms. The van der Waals surface area contributed by atoms with Crippen molar-refractivity contribution >= 4 is 5.91 Å². The average Bonchev–Trinajstić information content (AvgIpc) is 2.59. The predicted molar refractivity (Wildman–Crippen MR) is 93.3 cm³/mol. The van der Waals surface area contributed by atoms with Crippen molar-refractivity contribution in [1.82, 2.24) is 5.32 Å². The highest BCUT2D eigenvalue weighted by molar-refractivity contribution is 5.73. The van der Waals surface area contributed by atoms with E-state index in [1.54, 1.807) is 13.8 Å². The zero-order valence-electron chi connectivity index (χ0n) is 15.4. The molecule has 0 aromatic heterocycles. The predicted octanol–water partition coefficient (Wildman–Crippen LogP) is 0.988. The van der Waals surface area contributed by atoms with Gasteiger partial charge in [0.2, 0.25) is 5.91 Å². The van der Waals surface area contributed by atoms with E-state index in [0.29, 0.717) is 19.6 Å². The van der Waals surface area contributed by atoms with Crippen molar-refractivity contribution in [2.24, 2.45) is 0 Å². The van der Waals surface area contributed by atoms with Gasteiger partial charge in [-0.1, -0.05) is 30.3 Å². The molecule has 0 unspecified atom stereocenters. The topological polar surface area (TPSA) is 86.3 Å². The first kappa shape index (κ1) is 19.3. The second-order valence-electron chi connectivity index (χ2n) is 7.16. The van der Waals surface area contributed by atoms with Crippen LogP contribution in [0.4, 0.5) is 0 Å². The number of ether oxygens (including phenoxy) is 4. The molecule has 7 heteroatoms. The molecule has 3 rings (SSSR count). The van der Waals surface area contributed by atoms with E-state index in [1.165, 1.54) is 6.92 Å². The first-order valence-electron chi connectivity index (χ1n) is 8.94. The zero-order valence-corrected chi connectivity index (χ0v) is 15.4. The maximum absolute atomic E-state index is 11.6. The van der Waals surface area contributed by atoms with E-state index < -0.39 is 36.4 Å². The third-order valence-electron chi connectivity index (χ3n) is 4.57. The van der Waals surface area contributed by atoms with Crippen LogP contribution in [-0.2, 0) is 30.2 Å². The molecule has 7 nitrogen and oxygen atoms in total. The molecule has 1 amide bonds. The lowest BCUT2D eigenvalue weighted by Gasteiger charge is -2.49. The van der Waals surface area contributed by atoms with Gasteiger partial charge in [-0.3, -0.25) is 4.79 Å². The summed E-state index contributed by atoms with van der Waals surface area (Å²) in [5.41, 5.74) is 1.14. The Balaban J connectivity index is 1.66. The highest BCUT2D eigenvalue weighted by Gasteiger charge is 2.51. The van der Waals surface area contributed by atoms with Crippen LogP contribution in [0.25, 0.3) is 0 Å². The molecule has 2 N–H and O–H groups in total. The van der Waals surface area contributed by atoms with Gasteiger partial charge in [-0.2, -0.15) is 0 Å². The van der Waals surface area contributed by atoms with E-state index in [9.17, 15) is 9.90 Å². The molecule has 144 valence electrons. The summed E-state index contributed by atoms with van der Waals surface area (Å²) < 4.78 is 23.3. The third-order valence-corrected chi connectivity index (χ3v) is 4.57. The fourth-order valence-corrected chi connectivity index (χ4v) is 3.31. The van der Waals surface area contributed by atoms with E-state index in [2.05, 4.69) is 5.32 Å². The van der Waals surface area contributed by atoms with Crippen LogP contribution in [0.1, 0.15) is 26.3 Å². The highest BCUT2D eigenvalue weighted by Crippen LogP contribution is 2.32. The summed E-state index contributed by atoms with van der Waals surface area (Å²) in [4.78, 5) is 11.6. The molecule has 0 saturated carbocycles. The van der Waals surface area contributed by atoms with E-state index >= 15 is 0 Å². The lowest BCUT2D eigenvalue weighted by Crippen LogP contribution is -2.68. The van der Waals surface area contributed by atoms with Crippen LogP contribution in [0.2, 0.25) is 0 Å². The van der Waals surface area contributed by atoms with E-state index in [0.717, 1.165) is 5.56 Å². The van der Waals surface area contributed by atoms with Crippen LogP contribution in [0.5, 0.6) is 0 Å². The van der Waals surface area contributed by atoms with Gasteiger partial charge in [-0.25, -0.2) is 0 Å². The molecule has 0 radical (unpaired) electrons. The van der Waals surface area contributed by atoms with Crippen molar-refractivity contribution in [3.63, 3.8) is 0 Å². The van der Waals surface area contributed by atoms with Gasteiger partial charge in [0.25, 0.3) is 0 Å². The van der Waals surface area contributed by atoms with Gasteiger partial charge in [-0.15, -0.1) is 0 Å². The number of fused-ring (bicyclic) bond motifs is 1. The number of aliphatic hydroxyl groups excluding tert-OH is 1. The second-order valence-corrected chi connectivity index (χ2v) is 7.16. The molecule has 2 aliphatic rings. The minimum Gasteiger partial charge on any atom is -0.388 e. The van der Waals surface area contributed by atoms with Crippen LogP contribution in [0, 0.1) is 0 Å².